The van der Waals surface area contributed by atoms with Crippen molar-refractivity contribution in [2.45, 2.75) is 32.2 Å². The van der Waals surface area contributed by atoms with Gasteiger partial charge in [-0.25, -0.2) is 0 Å². The lowest BCUT2D eigenvalue weighted by molar-refractivity contribution is -0.121. The number of fused-ring (bicyclic) bond motifs is 1. The largest absolute Gasteiger partial charge is 0.353 e. The minimum atomic E-state index is 0.0647. The third kappa shape index (κ3) is 5.23. The van der Waals surface area contributed by atoms with Gasteiger partial charge >= 0.3 is 0 Å². The molecule has 2 heterocycles. The molecule has 1 N–H and O–H groups in total. The Labute approximate surface area is 202 Å². The van der Waals surface area contributed by atoms with Crippen molar-refractivity contribution in [1.29, 1.82) is 0 Å². The molecule has 0 saturated carbocycles. The summed E-state index contributed by atoms with van der Waals surface area (Å²) < 4.78 is 2.05. The van der Waals surface area contributed by atoms with Gasteiger partial charge in [-0.2, -0.15) is 0 Å². The Balaban J connectivity index is 1.17. The zero-order valence-corrected chi connectivity index (χ0v) is 19.9. The monoisotopic (exact) mass is 451 g/mol. The third-order valence-electron chi connectivity index (χ3n) is 7.00. The number of hydrogen-bond donors (Lipinski definition) is 1. The number of benzene rings is 3. The minimum Gasteiger partial charge on any atom is -0.353 e. The van der Waals surface area contributed by atoms with E-state index in [4.69, 9.17) is 0 Å². The van der Waals surface area contributed by atoms with E-state index in [-0.39, 0.29) is 5.91 Å². The van der Waals surface area contributed by atoms with Gasteiger partial charge in [0.05, 0.1) is 0 Å². The van der Waals surface area contributed by atoms with Gasteiger partial charge in [0.2, 0.25) is 5.91 Å². The summed E-state index contributed by atoms with van der Waals surface area (Å²) in [6.07, 6.45) is 4.47. The van der Waals surface area contributed by atoms with Gasteiger partial charge in [-0.1, -0.05) is 72.3 Å². The molecule has 4 heteroatoms. The van der Waals surface area contributed by atoms with Crippen molar-refractivity contribution in [3.8, 4) is 11.1 Å². The third-order valence-corrected chi connectivity index (χ3v) is 7.00. The summed E-state index contributed by atoms with van der Waals surface area (Å²) in [6.45, 7) is 6.22. The highest BCUT2D eigenvalue weighted by Gasteiger charge is 2.21. The Hall–Kier alpha value is -3.37. The number of rotatable bonds is 7. The van der Waals surface area contributed by atoms with E-state index in [9.17, 15) is 4.79 Å². The molecule has 1 unspecified atom stereocenters. The van der Waals surface area contributed by atoms with Crippen LogP contribution in [0.3, 0.4) is 0 Å². The van der Waals surface area contributed by atoms with Crippen molar-refractivity contribution >= 4 is 16.8 Å². The van der Waals surface area contributed by atoms with Gasteiger partial charge in [0, 0.05) is 31.3 Å². The van der Waals surface area contributed by atoms with Crippen molar-refractivity contribution in [3.63, 3.8) is 0 Å². The quantitative estimate of drug-likeness (QED) is 0.396. The number of likely N-dealkylation sites (tertiary alicyclic amines) is 1. The van der Waals surface area contributed by atoms with Crippen LogP contribution in [0.25, 0.3) is 22.0 Å². The molecule has 1 atom stereocenters. The lowest BCUT2D eigenvalue weighted by atomic mass is 9.91. The van der Waals surface area contributed by atoms with Gasteiger partial charge in [0.15, 0.2) is 0 Å². The molecule has 5 rings (SSSR count). The van der Waals surface area contributed by atoms with Gasteiger partial charge in [-0.05, 0) is 66.4 Å². The van der Waals surface area contributed by atoms with Crippen molar-refractivity contribution in [1.82, 2.24) is 14.8 Å². The SMILES string of the molecule is Cc1ccc(-c2ccc3ccn(CC(=O)NCCN4CCCC(c5ccccc5)C4)c3c2)cc1. The van der Waals surface area contributed by atoms with Crippen LogP contribution in [0.5, 0.6) is 0 Å². The summed E-state index contributed by atoms with van der Waals surface area (Å²) in [5.74, 6) is 0.662. The minimum absolute atomic E-state index is 0.0647. The molecule has 4 aromatic rings. The average Bonchev–Trinajstić information content (AvgIpc) is 3.27. The molecule has 1 aliphatic heterocycles. The fourth-order valence-corrected chi connectivity index (χ4v) is 5.07. The lowest BCUT2D eigenvalue weighted by Gasteiger charge is -2.33. The molecule has 1 saturated heterocycles. The number of nitrogens with zero attached hydrogens (tertiary/aromatic N) is 2. The van der Waals surface area contributed by atoms with Crippen molar-refractivity contribution in [2.75, 3.05) is 26.2 Å². The van der Waals surface area contributed by atoms with E-state index in [0.717, 1.165) is 30.5 Å². The highest BCUT2D eigenvalue weighted by atomic mass is 16.1. The van der Waals surface area contributed by atoms with Crippen LogP contribution in [0, 0.1) is 6.92 Å². The summed E-state index contributed by atoms with van der Waals surface area (Å²) in [5.41, 5.74) is 6.15. The second-order valence-corrected chi connectivity index (χ2v) is 9.48. The molecule has 1 aliphatic rings. The van der Waals surface area contributed by atoms with E-state index in [1.807, 2.05) is 6.20 Å². The summed E-state index contributed by atoms with van der Waals surface area (Å²) in [6, 6.07) is 27.9. The molecular weight excluding hydrogens is 418 g/mol. The van der Waals surface area contributed by atoms with E-state index in [1.54, 1.807) is 0 Å². The number of amides is 1. The molecule has 0 spiro atoms. The van der Waals surface area contributed by atoms with E-state index < -0.39 is 0 Å². The molecule has 1 amide bonds. The van der Waals surface area contributed by atoms with E-state index in [0.29, 0.717) is 19.0 Å². The van der Waals surface area contributed by atoms with E-state index >= 15 is 0 Å². The van der Waals surface area contributed by atoms with Crippen LogP contribution in [0.15, 0.2) is 85.1 Å². The first-order valence-electron chi connectivity index (χ1n) is 12.4. The van der Waals surface area contributed by atoms with E-state index in [2.05, 4.69) is 101 Å². The molecule has 3 aromatic carbocycles. The fourth-order valence-electron chi connectivity index (χ4n) is 5.07. The average molecular weight is 452 g/mol. The predicted molar refractivity (Wildman–Crippen MR) is 140 cm³/mol. The van der Waals surface area contributed by atoms with Gasteiger partial charge < -0.3 is 14.8 Å². The molecule has 0 aliphatic carbocycles. The Morgan fingerprint density at radius 1 is 0.971 bits per heavy atom. The molecule has 174 valence electrons. The topological polar surface area (TPSA) is 37.3 Å². The summed E-state index contributed by atoms with van der Waals surface area (Å²) >= 11 is 0. The van der Waals surface area contributed by atoms with Crippen LogP contribution in [0.4, 0.5) is 0 Å². The molecular formula is C30H33N3O. The Kier molecular flexibility index (Phi) is 6.77. The first kappa shape index (κ1) is 22.4. The predicted octanol–water partition coefficient (Wildman–Crippen LogP) is 5.61. The lowest BCUT2D eigenvalue weighted by Crippen LogP contribution is -2.40. The standard InChI is InChI=1S/C30H33N3O/c1-23-9-11-25(12-10-23)27-14-13-26-15-18-33(29(26)20-27)22-30(34)31-16-19-32-17-5-8-28(21-32)24-6-3-2-4-7-24/h2-4,6-7,9-15,18,20,28H,5,8,16-17,19,21-22H2,1H3,(H,31,34). The first-order chi connectivity index (χ1) is 16.7. The Morgan fingerprint density at radius 3 is 2.59 bits per heavy atom. The smallest absolute Gasteiger partial charge is 0.239 e. The number of hydrogen-bond acceptors (Lipinski definition) is 2. The van der Waals surface area contributed by atoms with Crippen LogP contribution >= 0.6 is 0 Å². The summed E-state index contributed by atoms with van der Waals surface area (Å²) in [4.78, 5) is 15.2. The number of aromatic nitrogens is 1. The maximum absolute atomic E-state index is 12.7. The Bertz CT molecular complexity index is 1240. The number of aryl methyl sites for hydroxylation is 1. The second kappa shape index (κ2) is 10.3. The fraction of sp³-hybridized carbons (Fsp3) is 0.300. The highest BCUT2D eigenvalue weighted by Crippen LogP contribution is 2.27. The van der Waals surface area contributed by atoms with E-state index in [1.165, 1.54) is 35.1 Å². The molecule has 34 heavy (non-hydrogen) atoms. The van der Waals surface area contributed by atoms with Crippen molar-refractivity contribution in [3.05, 3.63) is 96.2 Å². The molecule has 4 nitrogen and oxygen atoms in total. The summed E-state index contributed by atoms with van der Waals surface area (Å²) in [5, 5.41) is 4.30. The first-order valence-corrected chi connectivity index (χ1v) is 12.4. The van der Waals surface area contributed by atoms with Gasteiger partial charge in [-0.3, -0.25) is 4.79 Å². The zero-order chi connectivity index (χ0) is 23.3. The number of carbonyl (C=O) groups is 1. The van der Waals surface area contributed by atoms with Crippen LogP contribution in [-0.4, -0.2) is 41.6 Å². The second-order valence-electron chi connectivity index (χ2n) is 9.48. The number of carbonyl (C=O) groups excluding carboxylic acids is 1. The maximum Gasteiger partial charge on any atom is 0.239 e. The van der Waals surface area contributed by atoms with Gasteiger partial charge in [0.1, 0.15) is 6.54 Å². The maximum atomic E-state index is 12.7. The highest BCUT2D eigenvalue weighted by molar-refractivity contribution is 5.87. The molecule has 0 bridgehead atoms. The molecule has 1 aromatic heterocycles. The van der Waals surface area contributed by atoms with Gasteiger partial charge in [0.25, 0.3) is 0 Å². The summed E-state index contributed by atoms with van der Waals surface area (Å²) in [7, 11) is 0. The van der Waals surface area contributed by atoms with Crippen molar-refractivity contribution < 1.29 is 4.79 Å². The van der Waals surface area contributed by atoms with Crippen LogP contribution in [0.2, 0.25) is 0 Å². The molecule has 0 radical (unpaired) electrons. The Morgan fingerprint density at radius 2 is 1.76 bits per heavy atom. The van der Waals surface area contributed by atoms with Crippen molar-refractivity contribution in [2.24, 2.45) is 0 Å². The van der Waals surface area contributed by atoms with Crippen LogP contribution in [-0.2, 0) is 11.3 Å². The van der Waals surface area contributed by atoms with Gasteiger partial charge in [-0.15, -0.1) is 0 Å². The van der Waals surface area contributed by atoms with Crippen LogP contribution in [0.1, 0.15) is 29.9 Å². The number of piperidine rings is 1. The molecule has 1 fully saturated rings. The normalized spacial score (nSPS) is 16.6. The van der Waals surface area contributed by atoms with Crippen LogP contribution < -0.4 is 5.32 Å². The zero-order valence-electron chi connectivity index (χ0n) is 19.9. The number of nitrogens with one attached hydrogen (secondary N) is 1.